The van der Waals surface area contributed by atoms with Crippen molar-refractivity contribution in [2.75, 3.05) is 24.7 Å². The number of nitrogens with two attached hydrogens (primary N) is 2. The first-order valence-corrected chi connectivity index (χ1v) is 16.1. The molecule has 0 unspecified atom stereocenters. The summed E-state index contributed by atoms with van der Waals surface area (Å²) in [5.41, 5.74) is 13.1. The molecule has 2 heterocycles. The molecule has 16 heteroatoms. The van der Waals surface area contributed by atoms with Gasteiger partial charge in [-0.05, 0) is 27.7 Å². The average molecular weight is 717 g/mol. The highest BCUT2D eigenvalue weighted by atomic mass is 33.1. The lowest BCUT2D eigenvalue weighted by Crippen LogP contribution is -2.22. The van der Waals surface area contributed by atoms with E-state index in [1.165, 1.54) is 36.0 Å². The SMILES string of the molecule is [2H]C([2H])([2H])C([2H])(C(=O)OCC/C(SS/C(CCOC(=O)C([2H])(C([2H])([2H])[2H])C([2H])([2H])[2H])=C(/C)N(C=O)Cc1cnc(C)nc1N)=C(\C)N(C=O)Cc1cnc(C)nc1N)C([2H])([2H])[2H]. The van der Waals surface area contributed by atoms with E-state index in [-0.39, 0.29) is 58.8 Å². The minimum Gasteiger partial charge on any atom is -0.465 e. The number of anilines is 2. The molecule has 0 radical (unpaired) electrons. The van der Waals surface area contributed by atoms with E-state index in [1.54, 1.807) is 13.8 Å². The highest BCUT2D eigenvalue weighted by molar-refractivity contribution is 8.79. The Hall–Kier alpha value is -4.18. The van der Waals surface area contributed by atoms with Gasteiger partial charge in [0.2, 0.25) is 12.8 Å². The van der Waals surface area contributed by atoms with E-state index in [1.807, 2.05) is 0 Å². The summed E-state index contributed by atoms with van der Waals surface area (Å²) in [6.45, 7) is -10.2. The Morgan fingerprint density at radius 3 is 1.50 bits per heavy atom. The van der Waals surface area contributed by atoms with E-state index < -0.39 is 64.3 Å². The molecule has 0 saturated heterocycles. The predicted molar refractivity (Wildman–Crippen MR) is 187 cm³/mol. The first kappa shape index (κ1) is 23.2. The molecule has 0 aliphatic rings. The summed E-state index contributed by atoms with van der Waals surface area (Å²) >= 11 is 0. The number of amides is 2. The molecular formula is C32H46N8O6S2. The van der Waals surface area contributed by atoms with E-state index in [0.717, 1.165) is 21.6 Å². The number of aryl methyl sites for hydroxylation is 2. The summed E-state index contributed by atoms with van der Waals surface area (Å²) < 4.78 is 118. The summed E-state index contributed by atoms with van der Waals surface area (Å²) in [7, 11) is 1.75. The highest BCUT2D eigenvalue weighted by Gasteiger charge is 2.20. The molecule has 14 nitrogen and oxygen atoms in total. The minimum absolute atomic E-state index is 0.0495. The van der Waals surface area contributed by atoms with E-state index in [9.17, 15) is 19.2 Å². The summed E-state index contributed by atoms with van der Waals surface area (Å²) in [5.74, 6) is -10.3. The number of ether oxygens (including phenoxy) is 2. The fourth-order valence-corrected chi connectivity index (χ4v) is 6.55. The molecule has 0 aliphatic carbocycles. The van der Waals surface area contributed by atoms with Gasteiger partial charge in [0.1, 0.15) is 23.3 Å². The number of allylic oxidation sites excluding steroid dienone is 2. The minimum atomic E-state index is -3.66. The number of carbonyl (C=O) groups excluding carboxylic acids is 4. The van der Waals surface area contributed by atoms with Crippen LogP contribution < -0.4 is 11.5 Å². The maximum absolute atomic E-state index is 13.0. The van der Waals surface area contributed by atoms with Gasteiger partial charge in [0.15, 0.2) is 0 Å². The zero-order valence-corrected chi connectivity index (χ0v) is 28.3. The first-order chi connectivity index (χ1) is 28.3. The van der Waals surface area contributed by atoms with Gasteiger partial charge in [-0.1, -0.05) is 49.0 Å². The maximum atomic E-state index is 13.0. The molecule has 48 heavy (non-hydrogen) atoms. The van der Waals surface area contributed by atoms with Crippen molar-refractivity contribution in [3.8, 4) is 0 Å². The van der Waals surface area contributed by atoms with Crippen molar-refractivity contribution < 1.29 is 47.8 Å². The monoisotopic (exact) mass is 716 g/mol. The number of nitrogens with zero attached hydrogens (tertiary/aromatic N) is 6. The van der Waals surface area contributed by atoms with Crippen molar-refractivity contribution in [1.29, 1.82) is 0 Å². The molecule has 2 aromatic heterocycles. The molecule has 2 rings (SSSR count). The standard InChI is InChI=1S/C32H46N8O6S2/c1-19(2)31(43)45-11-9-27(21(5)39(17-41)15-25-13-35-23(7)37-29(25)33)47-48-28(10-12-46-32(44)20(3)4)22(6)40(18-42)16-26-14-36-24(8)38-30(26)34/h13-14,17-20H,9-12,15-16H2,1-8H3,(H2,33,35,37)(H2,34,36,38)/b27-21-,28-22-/i1D3,2D3,3D3,4D3,19D,20D. The van der Waals surface area contributed by atoms with E-state index in [0.29, 0.717) is 35.6 Å². The molecule has 0 aromatic carbocycles. The van der Waals surface area contributed by atoms with Crippen LogP contribution in [-0.4, -0.2) is 67.7 Å². The molecular weight excluding hydrogens is 657 g/mol. The third-order valence-corrected chi connectivity index (χ3v) is 9.36. The van der Waals surface area contributed by atoms with Gasteiger partial charge in [-0.25, -0.2) is 19.9 Å². The number of nitrogen functional groups attached to an aromatic ring is 2. The second kappa shape index (κ2) is 19.6. The Labute approximate surface area is 309 Å². The lowest BCUT2D eigenvalue weighted by atomic mass is 10.2. The average Bonchev–Trinajstić information content (AvgIpc) is 3.14. The Morgan fingerprint density at radius 1 is 0.812 bits per heavy atom. The van der Waals surface area contributed by atoms with Crippen LogP contribution in [0.1, 0.15) is 96.1 Å². The van der Waals surface area contributed by atoms with E-state index >= 15 is 0 Å². The molecule has 0 bridgehead atoms. The second-order valence-electron chi connectivity index (χ2n) is 9.83. The summed E-state index contributed by atoms with van der Waals surface area (Å²) in [6, 6.07) is 0. The summed E-state index contributed by atoms with van der Waals surface area (Å²) in [6.07, 6.45) is 2.94. The largest absolute Gasteiger partial charge is 0.465 e. The van der Waals surface area contributed by atoms with E-state index in [2.05, 4.69) is 19.9 Å². The third kappa shape index (κ3) is 12.4. The smallest absolute Gasteiger partial charge is 0.308 e. The lowest BCUT2D eigenvalue weighted by molar-refractivity contribution is -0.148. The number of aromatic nitrogens is 4. The molecule has 2 aromatic rings. The number of esters is 2. The van der Waals surface area contributed by atoms with Crippen molar-refractivity contribution >= 4 is 58.0 Å². The number of rotatable bonds is 19. The van der Waals surface area contributed by atoms with Crippen molar-refractivity contribution in [2.45, 2.75) is 81.0 Å². The van der Waals surface area contributed by atoms with Gasteiger partial charge in [0.05, 0.1) is 38.1 Å². The molecule has 0 fully saturated rings. The first-order valence-electron chi connectivity index (χ1n) is 21.0. The van der Waals surface area contributed by atoms with Gasteiger partial charge in [-0.15, -0.1) is 0 Å². The molecule has 0 atom stereocenters. The highest BCUT2D eigenvalue weighted by Crippen LogP contribution is 2.43. The third-order valence-electron chi connectivity index (χ3n) is 6.42. The van der Waals surface area contributed by atoms with Gasteiger partial charge < -0.3 is 30.7 Å². The van der Waals surface area contributed by atoms with Crippen molar-refractivity contribution in [2.24, 2.45) is 11.8 Å². The van der Waals surface area contributed by atoms with Gasteiger partial charge >= 0.3 is 11.9 Å². The Balaban J connectivity index is 2.68. The number of carbonyl (C=O) groups is 4. The quantitative estimate of drug-likeness (QED) is 0.115. The zero-order valence-electron chi connectivity index (χ0n) is 40.7. The fraction of sp³-hybridized carbons (Fsp3) is 0.500. The van der Waals surface area contributed by atoms with Crippen LogP contribution in [0.3, 0.4) is 0 Å². The van der Waals surface area contributed by atoms with Crippen LogP contribution in [0.4, 0.5) is 11.6 Å². The van der Waals surface area contributed by atoms with Gasteiger partial charge in [-0.2, -0.15) is 0 Å². The fourth-order valence-electron chi connectivity index (χ4n) is 3.71. The van der Waals surface area contributed by atoms with Crippen LogP contribution in [0, 0.1) is 25.6 Å². The predicted octanol–water partition coefficient (Wildman–Crippen LogP) is 4.69. The van der Waals surface area contributed by atoms with Gasteiger partial charge in [-0.3, -0.25) is 19.2 Å². The van der Waals surface area contributed by atoms with Crippen LogP contribution in [0.25, 0.3) is 0 Å². The zero-order chi connectivity index (χ0) is 47.8. The molecule has 262 valence electrons. The topological polar surface area (TPSA) is 197 Å². The summed E-state index contributed by atoms with van der Waals surface area (Å²) in [4.78, 5) is 70.2. The number of hydrogen-bond acceptors (Lipinski definition) is 14. The number of hydrogen-bond donors (Lipinski definition) is 2. The van der Waals surface area contributed by atoms with Crippen LogP contribution in [-0.2, 0) is 41.7 Å². The van der Waals surface area contributed by atoms with Gasteiger partial charge in [0, 0.05) is 76.8 Å². The summed E-state index contributed by atoms with van der Waals surface area (Å²) in [5, 5.41) is 0. The maximum Gasteiger partial charge on any atom is 0.308 e. The molecule has 0 saturated carbocycles. The molecule has 0 aliphatic heterocycles. The van der Waals surface area contributed by atoms with Crippen LogP contribution in [0.2, 0.25) is 0 Å². The van der Waals surface area contributed by atoms with Crippen LogP contribution >= 0.6 is 21.6 Å². The normalized spacial score (nSPS) is 18.1. The van der Waals surface area contributed by atoms with Crippen molar-refractivity contribution in [1.82, 2.24) is 29.7 Å². The van der Waals surface area contributed by atoms with Crippen molar-refractivity contribution in [3.63, 3.8) is 0 Å². The van der Waals surface area contributed by atoms with E-state index in [4.69, 9.17) is 40.1 Å². The molecule has 2 amide bonds. The Kier molecular flexibility index (Phi) is 9.48. The van der Waals surface area contributed by atoms with Crippen LogP contribution in [0.5, 0.6) is 0 Å². The van der Waals surface area contributed by atoms with Gasteiger partial charge in [0.25, 0.3) is 0 Å². The van der Waals surface area contributed by atoms with Crippen molar-refractivity contribution in [3.05, 3.63) is 56.4 Å². The molecule has 0 spiro atoms. The Bertz CT molecular complexity index is 1860. The molecule has 4 N–H and O–H groups in total. The lowest BCUT2D eigenvalue weighted by Gasteiger charge is -2.24. The second-order valence-corrected chi connectivity index (χ2v) is 12.1. The van der Waals surface area contributed by atoms with Crippen LogP contribution in [0.15, 0.2) is 33.6 Å². The Morgan fingerprint density at radius 2 is 1.19 bits per heavy atom.